The molecule has 1 N–H and O–H groups in total. The number of amides is 2. The van der Waals surface area contributed by atoms with Gasteiger partial charge in [-0.05, 0) is 62.2 Å². The van der Waals surface area contributed by atoms with Gasteiger partial charge in [0.2, 0.25) is 11.8 Å². The second-order valence-electron chi connectivity index (χ2n) is 8.29. The third-order valence-corrected chi connectivity index (χ3v) is 5.36. The highest BCUT2D eigenvalue weighted by atomic mass is 16.2. The predicted octanol–water partition coefficient (Wildman–Crippen LogP) is 4.72. The maximum Gasteiger partial charge on any atom is 0.241 e. The van der Waals surface area contributed by atoms with E-state index in [2.05, 4.69) is 5.32 Å². The Hall–Kier alpha value is -3.44. The van der Waals surface area contributed by atoms with Crippen molar-refractivity contribution in [3.05, 3.63) is 95.1 Å². The highest BCUT2D eigenvalue weighted by Crippen LogP contribution is 2.20. The quantitative estimate of drug-likeness (QED) is 0.564. The minimum Gasteiger partial charge on any atom is -0.324 e. The van der Waals surface area contributed by atoms with Gasteiger partial charge in [-0.1, -0.05) is 60.7 Å². The fourth-order valence-corrected chi connectivity index (χ4v) is 3.69. The standard InChI is InChI=1S/C27H31N3O2/c1-20-10-8-15-24(16-20)30(17-23-13-6-5-7-14-23)26(32)19-29(4)18-25(31)28-27-21(2)11-9-12-22(27)3/h5-16H,17-19H2,1-4H3,(H,28,31). The smallest absolute Gasteiger partial charge is 0.241 e. The molecule has 0 aliphatic carbocycles. The number of para-hydroxylation sites is 1. The van der Waals surface area contributed by atoms with E-state index < -0.39 is 0 Å². The van der Waals surface area contributed by atoms with Gasteiger partial charge in [-0.2, -0.15) is 0 Å². The predicted molar refractivity (Wildman–Crippen MR) is 131 cm³/mol. The van der Waals surface area contributed by atoms with Crippen LogP contribution in [0.2, 0.25) is 0 Å². The Balaban J connectivity index is 1.68. The van der Waals surface area contributed by atoms with Crippen LogP contribution in [-0.4, -0.2) is 36.9 Å². The Kier molecular flexibility index (Phi) is 7.79. The zero-order valence-corrected chi connectivity index (χ0v) is 19.3. The number of carbonyl (C=O) groups is 2. The molecule has 0 aromatic heterocycles. The number of anilines is 2. The van der Waals surface area contributed by atoms with Crippen molar-refractivity contribution < 1.29 is 9.59 Å². The number of hydrogen-bond donors (Lipinski definition) is 1. The molecule has 0 radical (unpaired) electrons. The number of hydrogen-bond acceptors (Lipinski definition) is 3. The van der Waals surface area contributed by atoms with Gasteiger partial charge >= 0.3 is 0 Å². The minimum absolute atomic E-state index is 0.0539. The van der Waals surface area contributed by atoms with Crippen LogP contribution in [0.3, 0.4) is 0 Å². The molecule has 0 saturated heterocycles. The van der Waals surface area contributed by atoms with Gasteiger partial charge in [0.15, 0.2) is 0 Å². The average Bonchev–Trinajstić information content (AvgIpc) is 2.75. The van der Waals surface area contributed by atoms with Gasteiger partial charge in [0, 0.05) is 11.4 Å². The van der Waals surface area contributed by atoms with Crippen LogP contribution < -0.4 is 10.2 Å². The van der Waals surface area contributed by atoms with E-state index in [-0.39, 0.29) is 24.9 Å². The second kappa shape index (κ2) is 10.7. The summed E-state index contributed by atoms with van der Waals surface area (Å²) in [6.07, 6.45) is 0. The fourth-order valence-electron chi connectivity index (χ4n) is 3.69. The van der Waals surface area contributed by atoms with E-state index in [0.29, 0.717) is 6.54 Å². The normalized spacial score (nSPS) is 10.8. The fraction of sp³-hybridized carbons (Fsp3) is 0.259. The molecular weight excluding hydrogens is 398 g/mol. The van der Waals surface area contributed by atoms with Crippen LogP contribution in [0.15, 0.2) is 72.8 Å². The first-order valence-electron chi connectivity index (χ1n) is 10.8. The van der Waals surface area contributed by atoms with Crippen LogP contribution in [0, 0.1) is 20.8 Å². The van der Waals surface area contributed by atoms with Crippen molar-refractivity contribution in [1.82, 2.24) is 4.90 Å². The number of nitrogens with one attached hydrogen (secondary N) is 1. The first kappa shape index (κ1) is 23.2. The highest BCUT2D eigenvalue weighted by molar-refractivity contribution is 5.96. The molecule has 0 fully saturated rings. The van der Waals surface area contributed by atoms with Crippen LogP contribution in [-0.2, 0) is 16.1 Å². The summed E-state index contributed by atoms with van der Waals surface area (Å²) in [7, 11) is 1.79. The number of nitrogens with zero attached hydrogens (tertiary/aromatic N) is 2. The van der Waals surface area contributed by atoms with Gasteiger partial charge in [0.1, 0.15) is 0 Å². The SMILES string of the molecule is Cc1cccc(N(Cc2ccccc2)C(=O)CN(C)CC(=O)Nc2c(C)cccc2C)c1. The lowest BCUT2D eigenvalue weighted by molar-refractivity contribution is -0.121. The number of likely N-dealkylation sites (N-methyl/N-ethyl adjacent to an activating group) is 1. The monoisotopic (exact) mass is 429 g/mol. The van der Waals surface area contributed by atoms with E-state index in [0.717, 1.165) is 33.6 Å². The van der Waals surface area contributed by atoms with Crippen LogP contribution in [0.5, 0.6) is 0 Å². The van der Waals surface area contributed by atoms with Crippen molar-refractivity contribution in [2.45, 2.75) is 27.3 Å². The van der Waals surface area contributed by atoms with Crippen LogP contribution in [0.4, 0.5) is 11.4 Å². The highest BCUT2D eigenvalue weighted by Gasteiger charge is 2.20. The molecule has 5 heteroatoms. The van der Waals surface area contributed by atoms with Crippen molar-refractivity contribution in [2.75, 3.05) is 30.4 Å². The number of aryl methyl sites for hydroxylation is 3. The summed E-state index contributed by atoms with van der Waals surface area (Å²) in [4.78, 5) is 29.4. The summed E-state index contributed by atoms with van der Waals surface area (Å²) in [5.41, 5.74) is 5.87. The molecule has 3 aromatic carbocycles. The summed E-state index contributed by atoms with van der Waals surface area (Å²) in [6, 6.07) is 23.8. The lowest BCUT2D eigenvalue weighted by Crippen LogP contribution is -2.41. The Bertz CT molecular complexity index is 1060. The zero-order chi connectivity index (χ0) is 23.1. The van der Waals surface area contributed by atoms with E-state index in [1.165, 1.54) is 0 Å². The molecule has 5 nitrogen and oxygen atoms in total. The second-order valence-corrected chi connectivity index (χ2v) is 8.29. The molecule has 166 valence electrons. The van der Waals surface area contributed by atoms with Crippen LogP contribution in [0.25, 0.3) is 0 Å². The molecule has 0 saturated carbocycles. The molecule has 0 spiro atoms. The third-order valence-electron chi connectivity index (χ3n) is 5.36. The van der Waals surface area contributed by atoms with E-state index in [4.69, 9.17) is 0 Å². The van der Waals surface area contributed by atoms with Gasteiger partial charge < -0.3 is 10.2 Å². The number of rotatable bonds is 8. The summed E-state index contributed by atoms with van der Waals surface area (Å²) < 4.78 is 0. The first-order chi connectivity index (χ1) is 15.3. The molecule has 0 atom stereocenters. The van der Waals surface area contributed by atoms with Crippen LogP contribution in [0.1, 0.15) is 22.3 Å². The summed E-state index contributed by atoms with van der Waals surface area (Å²) in [5, 5.41) is 2.99. The molecule has 0 heterocycles. The van der Waals surface area contributed by atoms with Crippen molar-refractivity contribution in [1.29, 1.82) is 0 Å². The summed E-state index contributed by atoms with van der Waals surface area (Å²) in [5.74, 6) is -0.190. The van der Waals surface area contributed by atoms with Crippen molar-refractivity contribution in [3.63, 3.8) is 0 Å². The largest absolute Gasteiger partial charge is 0.324 e. The molecule has 0 unspecified atom stereocenters. The lowest BCUT2D eigenvalue weighted by atomic mass is 10.1. The van der Waals surface area contributed by atoms with Crippen molar-refractivity contribution in [2.24, 2.45) is 0 Å². The number of benzene rings is 3. The maximum atomic E-state index is 13.3. The Labute approximate surface area is 190 Å². The van der Waals surface area contributed by atoms with Gasteiger partial charge in [0.25, 0.3) is 0 Å². The zero-order valence-electron chi connectivity index (χ0n) is 19.3. The Morgan fingerprint density at radius 1 is 0.812 bits per heavy atom. The molecule has 2 amide bonds. The van der Waals surface area contributed by atoms with E-state index in [1.807, 2.05) is 93.6 Å². The Morgan fingerprint density at radius 2 is 1.47 bits per heavy atom. The van der Waals surface area contributed by atoms with Gasteiger partial charge in [-0.3, -0.25) is 14.5 Å². The Morgan fingerprint density at radius 3 is 2.12 bits per heavy atom. The molecule has 3 rings (SSSR count). The minimum atomic E-state index is -0.136. The van der Waals surface area contributed by atoms with Gasteiger partial charge in [-0.25, -0.2) is 0 Å². The van der Waals surface area contributed by atoms with Crippen molar-refractivity contribution >= 4 is 23.2 Å². The van der Waals surface area contributed by atoms with Crippen molar-refractivity contribution in [3.8, 4) is 0 Å². The summed E-state index contributed by atoms with van der Waals surface area (Å²) >= 11 is 0. The number of carbonyl (C=O) groups excluding carboxylic acids is 2. The lowest BCUT2D eigenvalue weighted by Gasteiger charge is -2.26. The maximum absolute atomic E-state index is 13.3. The van der Waals surface area contributed by atoms with Gasteiger partial charge in [0.05, 0.1) is 19.6 Å². The molecule has 32 heavy (non-hydrogen) atoms. The average molecular weight is 430 g/mol. The molecular formula is C27H31N3O2. The molecule has 0 bridgehead atoms. The molecule has 0 aliphatic rings. The molecule has 0 aliphatic heterocycles. The topological polar surface area (TPSA) is 52.7 Å². The van der Waals surface area contributed by atoms with E-state index in [1.54, 1.807) is 16.8 Å². The summed E-state index contributed by atoms with van der Waals surface area (Å²) in [6.45, 7) is 6.70. The van der Waals surface area contributed by atoms with Gasteiger partial charge in [-0.15, -0.1) is 0 Å². The third kappa shape index (κ3) is 6.28. The first-order valence-corrected chi connectivity index (χ1v) is 10.8. The van der Waals surface area contributed by atoms with Crippen LogP contribution >= 0.6 is 0 Å². The van der Waals surface area contributed by atoms with E-state index >= 15 is 0 Å². The molecule has 3 aromatic rings. The van der Waals surface area contributed by atoms with E-state index in [9.17, 15) is 9.59 Å².